The second-order valence-electron chi connectivity index (χ2n) is 10.5. The number of hydrogen-bond acceptors (Lipinski definition) is 3. The molecule has 2 unspecified atom stereocenters. The fourth-order valence-corrected chi connectivity index (χ4v) is 6.11. The Morgan fingerprint density at radius 3 is 2.42 bits per heavy atom. The molecule has 0 aliphatic heterocycles. The van der Waals surface area contributed by atoms with Crippen LogP contribution in [0.15, 0.2) is 48.5 Å². The second-order valence-corrected chi connectivity index (χ2v) is 10.5. The van der Waals surface area contributed by atoms with Crippen molar-refractivity contribution < 1.29 is 13.9 Å². The number of carbonyl (C=O) groups excluding carboxylic acids is 1. The van der Waals surface area contributed by atoms with Crippen LogP contribution < -0.4 is 10.1 Å². The lowest BCUT2D eigenvalue weighted by Crippen LogP contribution is -2.44. The van der Waals surface area contributed by atoms with Gasteiger partial charge in [-0.15, -0.1) is 0 Å². The van der Waals surface area contributed by atoms with E-state index in [1.165, 1.54) is 25.0 Å². The van der Waals surface area contributed by atoms with E-state index in [9.17, 15) is 9.18 Å². The number of imidazole rings is 1. The Balaban J connectivity index is 1.59. The number of carbonyl (C=O) groups is 1. The molecule has 2 fully saturated rings. The van der Waals surface area contributed by atoms with Gasteiger partial charge in [-0.25, -0.2) is 9.37 Å². The maximum atomic E-state index is 14.6. The zero-order valence-electron chi connectivity index (χ0n) is 21.3. The number of rotatable bonds is 8. The van der Waals surface area contributed by atoms with Crippen molar-refractivity contribution in [2.45, 2.75) is 95.7 Å². The molecule has 5 nitrogen and oxygen atoms in total. The number of halogens is 1. The van der Waals surface area contributed by atoms with Crippen molar-refractivity contribution >= 4 is 16.9 Å². The molecule has 0 spiro atoms. The topological polar surface area (TPSA) is 56.2 Å². The van der Waals surface area contributed by atoms with Gasteiger partial charge < -0.3 is 14.6 Å². The predicted molar refractivity (Wildman–Crippen MR) is 140 cm³/mol. The van der Waals surface area contributed by atoms with Crippen molar-refractivity contribution in [1.29, 1.82) is 0 Å². The van der Waals surface area contributed by atoms with E-state index >= 15 is 0 Å². The largest absolute Gasteiger partial charge is 0.483 e. The van der Waals surface area contributed by atoms with Gasteiger partial charge in [0.1, 0.15) is 17.6 Å². The summed E-state index contributed by atoms with van der Waals surface area (Å²) in [5.41, 5.74) is 1.38. The van der Waals surface area contributed by atoms with Gasteiger partial charge in [0.05, 0.1) is 11.0 Å². The number of amides is 1. The molecule has 0 bridgehead atoms. The molecule has 1 aromatic heterocycles. The highest BCUT2D eigenvalue weighted by atomic mass is 19.1. The third-order valence-electron chi connectivity index (χ3n) is 7.95. The first-order chi connectivity index (χ1) is 17.6. The number of para-hydroxylation sites is 1. The van der Waals surface area contributed by atoms with Gasteiger partial charge in [-0.2, -0.15) is 0 Å². The lowest BCUT2D eigenvalue weighted by atomic mass is 9.82. The minimum atomic E-state index is -0.428. The molecule has 1 N–H and O–H groups in total. The van der Waals surface area contributed by atoms with Crippen molar-refractivity contribution in [3.63, 3.8) is 0 Å². The van der Waals surface area contributed by atoms with Gasteiger partial charge in [-0.05, 0) is 68.4 Å². The molecule has 5 rings (SSSR count). The zero-order chi connectivity index (χ0) is 24.9. The van der Waals surface area contributed by atoms with Gasteiger partial charge in [-0.3, -0.25) is 4.79 Å². The van der Waals surface area contributed by atoms with Crippen LogP contribution in [0.1, 0.15) is 95.5 Å². The Morgan fingerprint density at radius 2 is 1.72 bits per heavy atom. The van der Waals surface area contributed by atoms with Gasteiger partial charge in [0, 0.05) is 6.04 Å². The summed E-state index contributed by atoms with van der Waals surface area (Å²) in [5, 5.41) is 3.40. The Bertz CT molecular complexity index is 1150. The number of ether oxygens (including phenoxy) is 1. The molecule has 2 atom stereocenters. The summed E-state index contributed by atoms with van der Waals surface area (Å²) in [6.45, 7) is 2.07. The van der Waals surface area contributed by atoms with Crippen LogP contribution in [0.25, 0.3) is 11.0 Å². The van der Waals surface area contributed by atoms with E-state index in [0.717, 1.165) is 57.1 Å². The number of aromatic nitrogens is 2. The standard InChI is InChI=1S/C30H38FN3O2/c1-2-27(36-24-16-10-5-11-17-24)29-33-25-19-18-22(31)20-26(25)34(29)28(21-12-6-3-7-13-21)30(35)32-23-14-8-4-9-15-23/h5,10-11,16-21,23,27-28H,2-4,6-9,12-15H2,1H3,(H,32,35). The molecule has 2 aliphatic rings. The maximum Gasteiger partial charge on any atom is 0.243 e. The monoisotopic (exact) mass is 491 g/mol. The molecule has 1 heterocycles. The Kier molecular flexibility index (Phi) is 7.88. The Morgan fingerprint density at radius 1 is 1.03 bits per heavy atom. The van der Waals surface area contributed by atoms with Gasteiger partial charge in [0.2, 0.25) is 5.91 Å². The van der Waals surface area contributed by atoms with Crippen LogP contribution in [0.5, 0.6) is 5.75 Å². The summed E-state index contributed by atoms with van der Waals surface area (Å²) >= 11 is 0. The van der Waals surface area contributed by atoms with Crippen LogP contribution >= 0.6 is 0 Å². The van der Waals surface area contributed by atoms with Crippen LogP contribution in [0, 0.1) is 11.7 Å². The summed E-state index contributed by atoms with van der Waals surface area (Å²) in [5.74, 6) is 1.39. The maximum absolute atomic E-state index is 14.6. The SMILES string of the molecule is CCC(Oc1ccccc1)c1nc2ccc(F)cc2n1C(C(=O)NC1CCCCC1)C1CCCCC1. The van der Waals surface area contributed by atoms with E-state index in [2.05, 4.69) is 12.2 Å². The molecule has 36 heavy (non-hydrogen) atoms. The minimum Gasteiger partial charge on any atom is -0.483 e. The molecular formula is C30H38FN3O2. The highest BCUT2D eigenvalue weighted by Crippen LogP contribution is 2.39. The van der Waals surface area contributed by atoms with Crippen molar-refractivity contribution in [2.24, 2.45) is 5.92 Å². The molecule has 2 aliphatic carbocycles. The Hall–Kier alpha value is -2.89. The normalized spacial score (nSPS) is 19.2. The van der Waals surface area contributed by atoms with E-state index in [1.807, 2.05) is 34.9 Å². The summed E-state index contributed by atoms with van der Waals surface area (Å²) in [7, 11) is 0. The molecule has 6 heteroatoms. The molecule has 192 valence electrons. The summed E-state index contributed by atoms with van der Waals surface area (Å²) in [6, 6.07) is 14.2. The molecule has 2 aromatic carbocycles. The van der Waals surface area contributed by atoms with Crippen molar-refractivity contribution in [1.82, 2.24) is 14.9 Å². The molecule has 1 amide bonds. The van der Waals surface area contributed by atoms with E-state index in [0.29, 0.717) is 23.3 Å². The second kappa shape index (κ2) is 11.4. The van der Waals surface area contributed by atoms with Gasteiger partial charge in [-0.1, -0.05) is 63.6 Å². The third kappa shape index (κ3) is 5.42. The average Bonchev–Trinajstić information content (AvgIpc) is 3.27. The first-order valence-electron chi connectivity index (χ1n) is 13.8. The van der Waals surface area contributed by atoms with Crippen molar-refractivity contribution in [3.8, 4) is 5.75 Å². The number of nitrogens with one attached hydrogen (secondary N) is 1. The zero-order valence-corrected chi connectivity index (χ0v) is 21.3. The minimum absolute atomic E-state index is 0.0492. The molecule has 2 saturated carbocycles. The van der Waals surface area contributed by atoms with Gasteiger partial charge in [0.15, 0.2) is 11.9 Å². The third-order valence-corrected chi connectivity index (χ3v) is 7.95. The smallest absolute Gasteiger partial charge is 0.243 e. The molecule has 3 aromatic rings. The average molecular weight is 492 g/mol. The van der Waals surface area contributed by atoms with Gasteiger partial charge in [0.25, 0.3) is 0 Å². The first kappa shape index (κ1) is 24.8. The van der Waals surface area contributed by atoms with Gasteiger partial charge >= 0.3 is 0 Å². The first-order valence-corrected chi connectivity index (χ1v) is 13.8. The molecular weight excluding hydrogens is 453 g/mol. The fraction of sp³-hybridized carbons (Fsp3) is 0.533. The quantitative estimate of drug-likeness (QED) is 0.360. The lowest BCUT2D eigenvalue weighted by Gasteiger charge is -2.34. The van der Waals surface area contributed by atoms with Crippen molar-refractivity contribution in [2.75, 3.05) is 0 Å². The van der Waals surface area contributed by atoms with E-state index in [4.69, 9.17) is 9.72 Å². The van der Waals surface area contributed by atoms with E-state index < -0.39 is 6.04 Å². The number of hydrogen-bond donors (Lipinski definition) is 1. The number of benzene rings is 2. The van der Waals surface area contributed by atoms with E-state index in [1.54, 1.807) is 6.07 Å². The Labute approximate surface area is 213 Å². The molecule has 0 radical (unpaired) electrons. The van der Waals surface area contributed by atoms with Crippen LogP contribution in [-0.2, 0) is 4.79 Å². The highest BCUT2D eigenvalue weighted by molar-refractivity contribution is 5.85. The summed E-state index contributed by atoms with van der Waals surface area (Å²) in [6.07, 6.45) is 11.4. The highest BCUT2D eigenvalue weighted by Gasteiger charge is 2.36. The van der Waals surface area contributed by atoms with Crippen LogP contribution in [0.2, 0.25) is 0 Å². The van der Waals surface area contributed by atoms with Crippen LogP contribution in [0.3, 0.4) is 0 Å². The summed E-state index contributed by atoms with van der Waals surface area (Å²) < 4.78 is 23.0. The lowest BCUT2D eigenvalue weighted by molar-refractivity contribution is -0.127. The predicted octanol–water partition coefficient (Wildman–Crippen LogP) is 7.28. The van der Waals surface area contributed by atoms with E-state index in [-0.39, 0.29) is 29.8 Å². The number of nitrogens with zero attached hydrogens (tertiary/aromatic N) is 2. The fourth-order valence-electron chi connectivity index (χ4n) is 6.11. The van der Waals surface area contributed by atoms with Crippen molar-refractivity contribution in [3.05, 3.63) is 60.2 Å². The van der Waals surface area contributed by atoms with Crippen LogP contribution in [-0.4, -0.2) is 21.5 Å². The molecule has 0 saturated heterocycles. The number of fused-ring (bicyclic) bond motifs is 1. The summed E-state index contributed by atoms with van der Waals surface area (Å²) in [4.78, 5) is 19.0. The van der Waals surface area contributed by atoms with Crippen LogP contribution in [0.4, 0.5) is 4.39 Å².